The molecule has 0 spiro atoms. The Kier molecular flexibility index (Phi) is 11.9. The molecule has 2 unspecified atom stereocenters. The number of alkyl carbamates (subject to hydrolysis) is 1. The number of esters is 1. The Labute approximate surface area is 238 Å². The van der Waals surface area contributed by atoms with Gasteiger partial charge >= 0.3 is 25.6 Å². The first kappa shape index (κ1) is 31.8. The second-order valence-corrected chi connectivity index (χ2v) is 11.6. The molecule has 2 aromatic carbocycles. The average Bonchev–Trinajstić information content (AvgIpc) is 3.46. The molecule has 3 rings (SSSR count). The van der Waals surface area contributed by atoms with E-state index >= 15 is 0 Å². The fourth-order valence-electron chi connectivity index (χ4n) is 4.24. The highest BCUT2D eigenvalue weighted by Crippen LogP contribution is 2.50. The molecule has 0 bridgehead atoms. The first-order valence-corrected chi connectivity index (χ1v) is 15.0. The number of hydrogen-bond acceptors (Lipinski definition) is 8. The van der Waals surface area contributed by atoms with Gasteiger partial charge in [0.15, 0.2) is 5.85 Å². The zero-order valence-corrected chi connectivity index (χ0v) is 23.6. The number of carbonyl (C=O) groups is 4. The van der Waals surface area contributed by atoms with Gasteiger partial charge in [-0.15, -0.1) is 0 Å². The second-order valence-electron chi connectivity index (χ2n) is 9.54. The minimum Gasteiger partial charge on any atom is -0.480 e. The highest BCUT2D eigenvalue weighted by atomic mass is 31.2. The smallest absolute Gasteiger partial charge is 0.407 e. The molecule has 0 radical (unpaired) electrons. The number of carboxylic acid groups (broad SMARTS) is 1. The lowest BCUT2D eigenvalue weighted by molar-refractivity contribution is -0.151. The van der Waals surface area contributed by atoms with E-state index in [0.717, 1.165) is 10.5 Å². The van der Waals surface area contributed by atoms with E-state index in [9.17, 15) is 33.7 Å². The van der Waals surface area contributed by atoms with Crippen molar-refractivity contribution in [3.8, 4) is 0 Å². The third-order valence-corrected chi connectivity index (χ3v) is 8.08. The van der Waals surface area contributed by atoms with Crippen LogP contribution in [0.1, 0.15) is 54.9 Å². The monoisotopic (exact) mass is 590 g/mol. The third-order valence-electron chi connectivity index (χ3n) is 6.50. The van der Waals surface area contributed by atoms with Crippen LogP contribution in [0.3, 0.4) is 0 Å². The summed E-state index contributed by atoms with van der Waals surface area (Å²) in [6, 6.07) is 16.0. The Morgan fingerprint density at radius 2 is 1.71 bits per heavy atom. The molecular weight excluding hydrogens is 555 g/mol. The van der Waals surface area contributed by atoms with E-state index in [1.807, 2.05) is 30.3 Å². The largest absolute Gasteiger partial charge is 0.480 e. The molecule has 0 aliphatic carbocycles. The SMILES string of the molecule is CC(OC(=O)c1ccccc1)P(=O)(O)O[C@@H](CCCCNC(=O)OCc1ccccc1)C(=O)N1CCC[C@H]1C(=O)O. The summed E-state index contributed by atoms with van der Waals surface area (Å²) in [6.45, 7) is 1.66. The van der Waals surface area contributed by atoms with Crippen LogP contribution in [0.15, 0.2) is 60.7 Å². The number of rotatable bonds is 14. The predicted molar refractivity (Wildman–Crippen MR) is 147 cm³/mol. The molecular formula is C28H35N2O10P. The van der Waals surface area contributed by atoms with Crippen molar-refractivity contribution < 1.29 is 47.7 Å². The Bertz CT molecular complexity index is 1230. The zero-order valence-electron chi connectivity index (χ0n) is 22.7. The van der Waals surface area contributed by atoms with Crippen LogP contribution in [0.25, 0.3) is 0 Å². The summed E-state index contributed by atoms with van der Waals surface area (Å²) < 4.78 is 28.8. The normalized spacial score (nSPS) is 17.6. The number of nitrogens with zero attached hydrogens (tertiary/aromatic N) is 1. The molecule has 4 atom stereocenters. The molecule has 222 valence electrons. The van der Waals surface area contributed by atoms with Crippen LogP contribution >= 0.6 is 7.60 Å². The highest BCUT2D eigenvalue weighted by Gasteiger charge is 2.42. The van der Waals surface area contributed by atoms with E-state index < -0.39 is 49.5 Å². The fraction of sp³-hybridized carbons (Fsp3) is 0.429. The minimum atomic E-state index is -4.69. The summed E-state index contributed by atoms with van der Waals surface area (Å²) in [5.41, 5.74) is 1.00. The van der Waals surface area contributed by atoms with Crippen molar-refractivity contribution in [3.63, 3.8) is 0 Å². The molecule has 2 aromatic rings. The van der Waals surface area contributed by atoms with E-state index in [1.165, 1.54) is 19.1 Å². The topological polar surface area (TPSA) is 169 Å². The van der Waals surface area contributed by atoms with Gasteiger partial charge in [-0.2, -0.15) is 0 Å². The van der Waals surface area contributed by atoms with Gasteiger partial charge in [-0.3, -0.25) is 13.9 Å². The molecule has 1 fully saturated rings. The van der Waals surface area contributed by atoms with Crippen LogP contribution in [-0.2, 0) is 34.8 Å². The van der Waals surface area contributed by atoms with Crippen LogP contribution < -0.4 is 5.32 Å². The van der Waals surface area contributed by atoms with Gasteiger partial charge in [-0.1, -0.05) is 48.5 Å². The van der Waals surface area contributed by atoms with Crippen molar-refractivity contribution in [3.05, 3.63) is 71.8 Å². The number of carbonyl (C=O) groups excluding carboxylic acids is 3. The Morgan fingerprint density at radius 1 is 1.05 bits per heavy atom. The minimum absolute atomic E-state index is 0.0354. The molecule has 1 aliphatic heterocycles. The number of carboxylic acids is 1. The molecule has 13 heteroatoms. The van der Waals surface area contributed by atoms with Gasteiger partial charge in [0.25, 0.3) is 5.91 Å². The number of benzene rings is 2. The predicted octanol–water partition coefficient (Wildman–Crippen LogP) is 3.93. The van der Waals surface area contributed by atoms with Gasteiger partial charge in [0.05, 0.1) is 5.56 Å². The molecule has 0 aromatic heterocycles. The van der Waals surface area contributed by atoms with Gasteiger partial charge in [0, 0.05) is 13.1 Å². The molecule has 12 nitrogen and oxygen atoms in total. The summed E-state index contributed by atoms with van der Waals surface area (Å²) in [5, 5.41) is 12.1. The van der Waals surface area contributed by atoms with Crippen molar-refractivity contribution in [1.82, 2.24) is 10.2 Å². The quantitative estimate of drug-likeness (QED) is 0.166. The summed E-state index contributed by atoms with van der Waals surface area (Å²) in [7, 11) is -4.69. The van der Waals surface area contributed by atoms with Gasteiger partial charge in [0.1, 0.15) is 18.8 Å². The lowest BCUT2D eigenvalue weighted by Crippen LogP contribution is -2.46. The summed E-state index contributed by atoms with van der Waals surface area (Å²) >= 11 is 0. The first-order chi connectivity index (χ1) is 19.6. The lowest BCUT2D eigenvalue weighted by atomic mass is 10.1. The second kappa shape index (κ2) is 15.3. The van der Waals surface area contributed by atoms with Crippen LogP contribution in [0, 0.1) is 0 Å². The lowest BCUT2D eigenvalue weighted by Gasteiger charge is -2.29. The van der Waals surface area contributed by atoms with E-state index in [1.54, 1.807) is 18.2 Å². The van der Waals surface area contributed by atoms with Crippen LogP contribution in [-0.4, -0.2) is 69.9 Å². The van der Waals surface area contributed by atoms with Crippen molar-refractivity contribution in [2.75, 3.05) is 13.1 Å². The maximum absolute atomic E-state index is 13.3. The Morgan fingerprint density at radius 3 is 2.37 bits per heavy atom. The number of amides is 2. The fourth-order valence-corrected chi connectivity index (χ4v) is 5.21. The van der Waals surface area contributed by atoms with Crippen LogP contribution in [0.5, 0.6) is 0 Å². The maximum Gasteiger partial charge on any atom is 0.407 e. The van der Waals surface area contributed by atoms with Gasteiger partial charge in [-0.25, -0.2) is 14.4 Å². The average molecular weight is 591 g/mol. The summed E-state index contributed by atoms with van der Waals surface area (Å²) in [5.74, 6) is -4.35. The van der Waals surface area contributed by atoms with Crippen molar-refractivity contribution in [1.29, 1.82) is 0 Å². The van der Waals surface area contributed by atoms with Crippen molar-refractivity contribution in [2.45, 2.75) is 63.6 Å². The zero-order chi connectivity index (χ0) is 29.8. The Hall–Kier alpha value is -3.73. The van der Waals surface area contributed by atoms with Crippen LogP contribution in [0.2, 0.25) is 0 Å². The molecule has 0 saturated carbocycles. The number of aliphatic carboxylic acids is 1. The van der Waals surface area contributed by atoms with Crippen molar-refractivity contribution in [2.24, 2.45) is 0 Å². The van der Waals surface area contributed by atoms with Gasteiger partial charge in [0.2, 0.25) is 0 Å². The first-order valence-electron chi connectivity index (χ1n) is 13.3. The Balaban J connectivity index is 1.57. The molecule has 1 aliphatic rings. The van der Waals surface area contributed by atoms with Gasteiger partial charge < -0.3 is 29.7 Å². The molecule has 1 heterocycles. The van der Waals surface area contributed by atoms with E-state index in [2.05, 4.69) is 5.32 Å². The van der Waals surface area contributed by atoms with E-state index in [-0.39, 0.29) is 38.1 Å². The number of likely N-dealkylation sites (tertiary alicyclic amines) is 1. The summed E-state index contributed by atoms with van der Waals surface area (Å²) in [6.07, 6.45) is -0.728. The highest BCUT2D eigenvalue weighted by molar-refractivity contribution is 7.53. The molecule has 41 heavy (non-hydrogen) atoms. The molecule has 2 amide bonds. The maximum atomic E-state index is 13.3. The molecule has 1 saturated heterocycles. The summed E-state index contributed by atoms with van der Waals surface area (Å²) in [4.78, 5) is 61.1. The van der Waals surface area contributed by atoms with E-state index in [0.29, 0.717) is 19.3 Å². The molecule has 3 N–H and O–H groups in total. The number of nitrogens with one attached hydrogen (secondary N) is 1. The number of unbranched alkanes of at least 4 members (excludes halogenated alkanes) is 1. The number of hydrogen-bond donors (Lipinski definition) is 3. The van der Waals surface area contributed by atoms with Gasteiger partial charge in [-0.05, 0) is 56.7 Å². The van der Waals surface area contributed by atoms with Crippen molar-refractivity contribution >= 4 is 31.5 Å². The van der Waals surface area contributed by atoms with Crippen LogP contribution in [0.4, 0.5) is 4.79 Å². The third kappa shape index (κ3) is 9.70. The van der Waals surface area contributed by atoms with E-state index in [4.69, 9.17) is 14.0 Å². The number of ether oxygens (including phenoxy) is 2. The standard InChI is InChI=1S/C28H35N2O10P/c1-20(39-27(34)22-13-6-3-7-14-22)41(36,37)40-24(25(31)30-18-10-15-23(30)26(32)33)16-8-9-17-29-28(35)38-19-21-11-4-2-5-12-21/h2-7,11-14,20,23-24H,8-10,15-19H2,1H3,(H,29,35)(H,32,33)(H,36,37)/t20?,23-,24-/m0/s1.